The molecule has 1 amide bonds. The van der Waals surface area contributed by atoms with E-state index in [9.17, 15) is 14.7 Å². The van der Waals surface area contributed by atoms with Gasteiger partial charge in [-0.3, -0.25) is 4.90 Å². The summed E-state index contributed by atoms with van der Waals surface area (Å²) in [6.45, 7) is 5.41. The van der Waals surface area contributed by atoms with Gasteiger partial charge in [-0.05, 0) is 46.5 Å². The van der Waals surface area contributed by atoms with Crippen LogP contribution in [-0.4, -0.2) is 52.5 Å². The van der Waals surface area contributed by atoms with Crippen LogP contribution in [-0.2, 0) is 14.3 Å². The minimum Gasteiger partial charge on any atom is -0.461 e. The van der Waals surface area contributed by atoms with Crippen molar-refractivity contribution in [2.45, 2.75) is 76.7 Å². The lowest BCUT2D eigenvalue weighted by Crippen LogP contribution is -2.44. The van der Waals surface area contributed by atoms with Crippen molar-refractivity contribution in [2.24, 2.45) is 0 Å². The van der Waals surface area contributed by atoms with Gasteiger partial charge < -0.3 is 14.6 Å². The predicted molar refractivity (Wildman–Crippen MR) is 75.7 cm³/mol. The number of hydrogen-bond acceptors (Lipinski definition) is 5. The van der Waals surface area contributed by atoms with Gasteiger partial charge >= 0.3 is 12.1 Å². The zero-order chi connectivity index (χ0) is 15.6. The normalized spacial score (nSPS) is 27.0. The number of carbonyl (C=O) groups is 2. The summed E-state index contributed by atoms with van der Waals surface area (Å²) in [5.41, 5.74) is -0.634. The lowest BCUT2D eigenvalue weighted by atomic mass is 10.2. The van der Waals surface area contributed by atoms with Gasteiger partial charge in [-0.25, -0.2) is 9.59 Å². The first-order chi connectivity index (χ1) is 9.76. The molecule has 2 atom stereocenters. The molecule has 1 aliphatic heterocycles. The molecule has 6 heteroatoms. The summed E-state index contributed by atoms with van der Waals surface area (Å²) in [6.07, 6.45) is 2.79. The van der Waals surface area contributed by atoms with E-state index in [4.69, 9.17) is 9.47 Å². The van der Waals surface area contributed by atoms with E-state index in [1.807, 2.05) is 0 Å². The average Bonchev–Trinajstić information content (AvgIpc) is 2.95. The Bertz CT molecular complexity index is 397. The summed E-state index contributed by atoms with van der Waals surface area (Å²) < 4.78 is 10.7. The second-order valence-electron chi connectivity index (χ2n) is 6.88. The molecule has 0 radical (unpaired) electrons. The number of amides is 1. The van der Waals surface area contributed by atoms with Crippen molar-refractivity contribution in [1.29, 1.82) is 0 Å². The monoisotopic (exact) mass is 299 g/mol. The average molecular weight is 299 g/mol. The van der Waals surface area contributed by atoms with Crippen LogP contribution in [0.15, 0.2) is 0 Å². The summed E-state index contributed by atoms with van der Waals surface area (Å²) >= 11 is 0. The molecule has 6 nitrogen and oxygen atoms in total. The Morgan fingerprint density at radius 3 is 2.38 bits per heavy atom. The van der Waals surface area contributed by atoms with Crippen LogP contribution in [0.4, 0.5) is 4.79 Å². The van der Waals surface area contributed by atoms with E-state index in [1.54, 1.807) is 20.8 Å². The standard InChI is InChI=1S/C15H25NO5/c1-15(2,3)21-14(19)16-9-10(17)8-12(16)13(18)20-11-6-4-5-7-11/h10-12,17H,4-9H2,1-3H3/t10-,12+/m1/s1. The molecular formula is C15H25NO5. The maximum absolute atomic E-state index is 12.2. The summed E-state index contributed by atoms with van der Waals surface area (Å²) in [5, 5.41) is 9.77. The van der Waals surface area contributed by atoms with Crippen LogP contribution in [0.1, 0.15) is 52.9 Å². The number of esters is 1. The molecule has 0 aromatic carbocycles. The number of ether oxygens (including phenoxy) is 2. The summed E-state index contributed by atoms with van der Waals surface area (Å²) in [7, 11) is 0. The van der Waals surface area contributed by atoms with E-state index >= 15 is 0 Å². The zero-order valence-corrected chi connectivity index (χ0v) is 13.0. The highest BCUT2D eigenvalue weighted by atomic mass is 16.6. The first-order valence-corrected chi connectivity index (χ1v) is 7.64. The Morgan fingerprint density at radius 2 is 1.81 bits per heavy atom. The first-order valence-electron chi connectivity index (χ1n) is 7.64. The second-order valence-corrected chi connectivity index (χ2v) is 6.88. The first kappa shape index (κ1) is 16.1. The van der Waals surface area contributed by atoms with Crippen LogP contribution in [0.2, 0.25) is 0 Å². The van der Waals surface area contributed by atoms with Crippen molar-refractivity contribution in [1.82, 2.24) is 4.90 Å². The minimum atomic E-state index is -0.740. The lowest BCUT2D eigenvalue weighted by Gasteiger charge is -2.28. The molecule has 1 saturated carbocycles. The van der Waals surface area contributed by atoms with Gasteiger partial charge in [0.15, 0.2) is 0 Å². The van der Waals surface area contributed by atoms with E-state index in [1.165, 1.54) is 4.90 Å². The maximum atomic E-state index is 12.2. The van der Waals surface area contributed by atoms with Crippen molar-refractivity contribution >= 4 is 12.1 Å². The fourth-order valence-corrected chi connectivity index (χ4v) is 2.81. The highest BCUT2D eigenvalue weighted by molar-refractivity contribution is 5.82. The topological polar surface area (TPSA) is 76.1 Å². The summed E-state index contributed by atoms with van der Waals surface area (Å²) in [6, 6.07) is -0.740. The van der Waals surface area contributed by atoms with Gasteiger partial charge in [0.25, 0.3) is 0 Å². The van der Waals surface area contributed by atoms with Gasteiger partial charge in [-0.2, -0.15) is 0 Å². The Morgan fingerprint density at radius 1 is 1.19 bits per heavy atom. The zero-order valence-electron chi connectivity index (χ0n) is 13.0. The van der Waals surface area contributed by atoms with E-state index in [2.05, 4.69) is 0 Å². The lowest BCUT2D eigenvalue weighted by molar-refractivity contribution is -0.154. The number of carbonyl (C=O) groups excluding carboxylic acids is 2. The van der Waals surface area contributed by atoms with Crippen molar-refractivity contribution in [3.8, 4) is 0 Å². The van der Waals surface area contributed by atoms with Crippen LogP contribution in [0.25, 0.3) is 0 Å². The molecule has 0 spiro atoms. The van der Waals surface area contributed by atoms with Gasteiger partial charge in [0, 0.05) is 6.42 Å². The van der Waals surface area contributed by atoms with Crippen molar-refractivity contribution in [2.75, 3.05) is 6.54 Å². The molecule has 1 N–H and O–H groups in total. The van der Waals surface area contributed by atoms with Gasteiger partial charge in [-0.15, -0.1) is 0 Å². The quantitative estimate of drug-likeness (QED) is 0.787. The van der Waals surface area contributed by atoms with Crippen LogP contribution in [0, 0.1) is 0 Å². The number of aliphatic hydroxyl groups excluding tert-OH is 1. The second kappa shape index (κ2) is 6.22. The number of β-amino-alcohol motifs (C(OH)–C–C–N with tert-alkyl or cyclic N) is 1. The molecule has 120 valence electrons. The van der Waals surface area contributed by atoms with Gasteiger partial charge in [-0.1, -0.05) is 0 Å². The Labute approximate surface area is 125 Å². The fraction of sp³-hybridized carbons (Fsp3) is 0.867. The number of aliphatic hydroxyl groups is 1. The van der Waals surface area contributed by atoms with Gasteiger partial charge in [0.1, 0.15) is 17.7 Å². The minimum absolute atomic E-state index is 0.0456. The Balaban J connectivity index is 1.98. The Hall–Kier alpha value is -1.30. The number of rotatable bonds is 2. The van der Waals surface area contributed by atoms with Crippen molar-refractivity contribution in [3.63, 3.8) is 0 Å². The summed E-state index contributed by atoms with van der Waals surface area (Å²) in [4.78, 5) is 25.7. The molecule has 0 bridgehead atoms. The molecule has 1 aliphatic carbocycles. The highest BCUT2D eigenvalue weighted by Crippen LogP contribution is 2.26. The van der Waals surface area contributed by atoms with E-state index in [0.29, 0.717) is 0 Å². The van der Waals surface area contributed by atoms with E-state index in [-0.39, 0.29) is 19.1 Å². The van der Waals surface area contributed by atoms with Crippen LogP contribution in [0.3, 0.4) is 0 Å². The third-order valence-corrected chi connectivity index (χ3v) is 3.76. The van der Waals surface area contributed by atoms with E-state index < -0.39 is 29.8 Å². The number of hydrogen-bond donors (Lipinski definition) is 1. The maximum Gasteiger partial charge on any atom is 0.411 e. The number of likely N-dealkylation sites (tertiary alicyclic amines) is 1. The third-order valence-electron chi connectivity index (χ3n) is 3.76. The highest BCUT2D eigenvalue weighted by Gasteiger charge is 2.42. The molecule has 0 aromatic heterocycles. The Kier molecular flexibility index (Phi) is 4.76. The molecule has 21 heavy (non-hydrogen) atoms. The van der Waals surface area contributed by atoms with Crippen molar-refractivity contribution < 1.29 is 24.2 Å². The van der Waals surface area contributed by atoms with Gasteiger partial charge in [0.2, 0.25) is 0 Å². The van der Waals surface area contributed by atoms with E-state index in [0.717, 1.165) is 25.7 Å². The predicted octanol–water partition coefficient (Wildman–Crippen LogP) is 1.84. The third kappa shape index (κ3) is 4.33. The molecule has 1 saturated heterocycles. The molecule has 0 unspecified atom stereocenters. The van der Waals surface area contributed by atoms with Crippen molar-refractivity contribution in [3.05, 3.63) is 0 Å². The molecule has 1 heterocycles. The fourth-order valence-electron chi connectivity index (χ4n) is 2.81. The smallest absolute Gasteiger partial charge is 0.411 e. The molecule has 0 aromatic rings. The SMILES string of the molecule is CC(C)(C)OC(=O)N1C[C@H](O)C[C@H]1C(=O)OC1CCCC1. The van der Waals surface area contributed by atoms with Crippen LogP contribution >= 0.6 is 0 Å². The molecule has 2 aliphatic rings. The number of nitrogens with zero attached hydrogens (tertiary/aromatic N) is 1. The van der Waals surface area contributed by atoms with Crippen LogP contribution in [0.5, 0.6) is 0 Å². The molecule has 2 fully saturated rings. The summed E-state index contributed by atoms with van der Waals surface area (Å²) in [5.74, 6) is -0.427. The molecular weight excluding hydrogens is 274 g/mol. The largest absolute Gasteiger partial charge is 0.461 e. The van der Waals surface area contributed by atoms with Crippen LogP contribution < -0.4 is 0 Å². The van der Waals surface area contributed by atoms with Gasteiger partial charge in [0.05, 0.1) is 12.6 Å². The molecule has 2 rings (SSSR count).